The molecule has 1 rings (SSSR count). The van der Waals surface area contributed by atoms with E-state index in [1.165, 1.54) is 0 Å². The lowest BCUT2D eigenvalue weighted by molar-refractivity contribution is -0.248. The molecule has 1 saturated heterocycles. The molecule has 0 aromatic rings. The minimum Gasteiger partial charge on any atom is -0.394 e. The highest BCUT2D eigenvalue weighted by atomic mass is 16.6. The highest BCUT2D eigenvalue weighted by Gasteiger charge is 2.41. The van der Waals surface area contributed by atoms with Crippen molar-refractivity contribution < 1.29 is 50.4 Å². The van der Waals surface area contributed by atoms with Gasteiger partial charge in [0.1, 0.15) is 42.9 Å². The number of carbonyl (C=O) groups excluding carboxylic acids is 1. The van der Waals surface area contributed by atoms with Crippen LogP contribution in [0.25, 0.3) is 0 Å². The molecule has 12 N–H and O–H groups in total. The molecule has 5 unspecified atom stereocenters. The fourth-order valence-electron chi connectivity index (χ4n) is 1.76. The molecule has 0 amide bonds. The fourth-order valence-corrected chi connectivity index (χ4v) is 1.76. The van der Waals surface area contributed by atoms with E-state index in [0.717, 1.165) is 0 Å². The van der Waals surface area contributed by atoms with Crippen molar-refractivity contribution in [3.8, 4) is 0 Å². The molecular weight excluding hydrogens is 332 g/mol. The molecule has 0 aromatic heterocycles. The Balaban J connectivity index is 0.000000441. The number of rotatable bonds is 6. The Hall–Kier alpha value is -0.770. The number of aliphatic hydroxyl groups excluding tert-OH is 8. The van der Waals surface area contributed by atoms with Crippen molar-refractivity contribution in [3.63, 3.8) is 0 Å². The van der Waals surface area contributed by atoms with Gasteiger partial charge >= 0.3 is 0 Å². The molecule has 1 aliphatic heterocycles. The van der Waals surface area contributed by atoms with Crippen molar-refractivity contribution in [2.24, 2.45) is 11.5 Å². The summed E-state index contributed by atoms with van der Waals surface area (Å²) in [6, 6.07) is -2.30. The van der Waals surface area contributed by atoms with Crippen LogP contribution in [-0.4, -0.2) is 115 Å². The Morgan fingerprint density at radius 3 is 2.00 bits per heavy atom. The first-order valence-electron chi connectivity index (χ1n) is 7.04. The summed E-state index contributed by atoms with van der Waals surface area (Å²) in [4.78, 5) is 10.0. The molecule has 0 aromatic carbocycles. The molecule has 12 nitrogen and oxygen atoms in total. The van der Waals surface area contributed by atoms with Gasteiger partial charge in [-0.05, 0) is 0 Å². The molecule has 9 atom stereocenters. The van der Waals surface area contributed by atoms with Crippen LogP contribution < -0.4 is 11.5 Å². The zero-order valence-corrected chi connectivity index (χ0v) is 12.7. The van der Waals surface area contributed by atoms with Gasteiger partial charge in [0.15, 0.2) is 6.29 Å². The predicted molar refractivity (Wildman–Crippen MR) is 77.1 cm³/mol. The molecule has 0 bridgehead atoms. The van der Waals surface area contributed by atoms with Gasteiger partial charge in [-0.3, -0.25) is 0 Å². The van der Waals surface area contributed by atoms with Gasteiger partial charge in [0.2, 0.25) is 0 Å². The van der Waals surface area contributed by atoms with Gasteiger partial charge in [-0.2, -0.15) is 0 Å². The Bertz CT molecular complexity index is 358. The zero-order chi connectivity index (χ0) is 19.0. The number of hydrogen-bond acceptors (Lipinski definition) is 12. The number of ether oxygens (including phenoxy) is 1. The molecule has 144 valence electrons. The molecule has 1 fully saturated rings. The van der Waals surface area contributed by atoms with E-state index >= 15 is 0 Å². The van der Waals surface area contributed by atoms with Crippen LogP contribution in [0.3, 0.4) is 0 Å². The van der Waals surface area contributed by atoms with E-state index < -0.39 is 68.2 Å². The molecular formula is C12H26N2O10. The van der Waals surface area contributed by atoms with E-state index in [4.69, 9.17) is 46.8 Å². The summed E-state index contributed by atoms with van der Waals surface area (Å²) in [5.41, 5.74) is 10.3. The van der Waals surface area contributed by atoms with Crippen LogP contribution in [0.15, 0.2) is 0 Å². The van der Waals surface area contributed by atoms with Crippen LogP contribution >= 0.6 is 0 Å². The zero-order valence-electron chi connectivity index (χ0n) is 12.7. The lowest BCUT2D eigenvalue weighted by Gasteiger charge is -2.38. The van der Waals surface area contributed by atoms with E-state index in [-0.39, 0.29) is 6.29 Å². The van der Waals surface area contributed by atoms with Crippen LogP contribution in [0.2, 0.25) is 0 Å². The number of aliphatic hydroxyl groups is 8. The van der Waals surface area contributed by atoms with Crippen molar-refractivity contribution in [3.05, 3.63) is 0 Å². The monoisotopic (exact) mass is 358 g/mol. The van der Waals surface area contributed by atoms with Gasteiger partial charge in [0, 0.05) is 0 Å². The maximum Gasteiger partial charge on any atom is 0.173 e. The second-order valence-electron chi connectivity index (χ2n) is 5.25. The van der Waals surface area contributed by atoms with Crippen LogP contribution in [-0.2, 0) is 9.53 Å². The van der Waals surface area contributed by atoms with Gasteiger partial charge < -0.3 is 61.9 Å². The van der Waals surface area contributed by atoms with E-state index in [9.17, 15) is 15.0 Å². The molecule has 24 heavy (non-hydrogen) atoms. The summed E-state index contributed by atoms with van der Waals surface area (Å²) in [5.74, 6) is 0. The number of aldehydes is 1. The van der Waals surface area contributed by atoms with Gasteiger partial charge in [0.05, 0.1) is 25.3 Å². The maximum atomic E-state index is 10.0. The normalized spacial score (nSPS) is 35.2. The van der Waals surface area contributed by atoms with Crippen LogP contribution in [0.5, 0.6) is 0 Å². The van der Waals surface area contributed by atoms with Crippen molar-refractivity contribution in [2.75, 3.05) is 13.2 Å². The highest BCUT2D eigenvalue weighted by molar-refractivity contribution is 5.58. The van der Waals surface area contributed by atoms with Crippen molar-refractivity contribution in [1.29, 1.82) is 0 Å². The highest BCUT2D eigenvalue weighted by Crippen LogP contribution is 2.17. The predicted octanol–water partition coefficient (Wildman–Crippen LogP) is -6.67. The van der Waals surface area contributed by atoms with E-state index in [1.54, 1.807) is 0 Å². The molecule has 0 radical (unpaired) electrons. The third-order valence-electron chi connectivity index (χ3n) is 3.43. The van der Waals surface area contributed by atoms with E-state index in [0.29, 0.717) is 0 Å². The lowest BCUT2D eigenvalue weighted by Crippen LogP contribution is -2.61. The SMILES string of the molecule is NC(C=O)C(O)C(O)C(O)CO.N[C@H]1C(O)O[C@H](CO)[C@@H](O)[C@@H]1O. The first-order valence-corrected chi connectivity index (χ1v) is 7.04. The Morgan fingerprint density at radius 2 is 1.58 bits per heavy atom. The van der Waals surface area contributed by atoms with E-state index in [1.807, 2.05) is 0 Å². The summed E-state index contributed by atoms with van der Waals surface area (Å²) < 4.78 is 4.70. The smallest absolute Gasteiger partial charge is 0.173 e. The molecule has 0 aliphatic carbocycles. The van der Waals surface area contributed by atoms with Crippen molar-refractivity contribution in [1.82, 2.24) is 0 Å². The van der Waals surface area contributed by atoms with Gasteiger partial charge in [-0.25, -0.2) is 0 Å². The molecule has 0 saturated carbocycles. The lowest BCUT2D eigenvalue weighted by atomic mass is 9.98. The fraction of sp³-hybridized carbons (Fsp3) is 0.917. The summed E-state index contributed by atoms with van der Waals surface area (Å²) in [6.45, 7) is -1.17. The van der Waals surface area contributed by atoms with Crippen molar-refractivity contribution >= 4 is 6.29 Å². The number of hydrogen-bond donors (Lipinski definition) is 10. The van der Waals surface area contributed by atoms with Crippen LogP contribution in [0.1, 0.15) is 0 Å². The van der Waals surface area contributed by atoms with E-state index in [2.05, 4.69) is 0 Å². The topological polar surface area (TPSA) is 240 Å². The Morgan fingerprint density at radius 1 is 1.04 bits per heavy atom. The van der Waals surface area contributed by atoms with Crippen LogP contribution in [0.4, 0.5) is 0 Å². The third kappa shape index (κ3) is 6.27. The molecule has 12 heteroatoms. The first-order chi connectivity index (χ1) is 11.1. The third-order valence-corrected chi connectivity index (χ3v) is 3.43. The standard InChI is InChI=1S/2C6H13NO5/c7-3-5(10)4(9)2(1-8)12-6(3)11;7-3(1-8)5(11)6(12)4(10)2-9/h2-6,8-11H,1,7H2;1,3-6,9-12H,2,7H2/t2-,3-,4-,5-,6?;/m1./s1. The second-order valence-corrected chi connectivity index (χ2v) is 5.25. The Labute approximate surface area is 137 Å². The minimum atomic E-state index is -1.62. The second kappa shape index (κ2) is 11.0. The minimum absolute atomic E-state index is 0.248. The number of nitrogens with two attached hydrogens (primary N) is 2. The summed E-state index contributed by atoms with van der Waals surface area (Å²) in [5, 5.41) is 71.2. The van der Waals surface area contributed by atoms with Gasteiger partial charge in [-0.15, -0.1) is 0 Å². The van der Waals surface area contributed by atoms with Gasteiger partial charge in [0.25, 0.3) is 0 Å². The quantitative estimate of drug-likeness (QED) is 0.199. The summed E-state index contributed by atoms with van der Waals surface area (Å²) >= 11 is 0. The maximum absolute atomic E-state index is 10.0. The number of carbonyl (C=O) groups is 1. The van der Waals surface area contributed by atoms with Gasteiger partial charge in [-0.1, -0.05) is 0 Å². The summed E-state index contributed by atoms with van der Waals surface area (Å²) in [7, 11) is 0. The Kier molecular flexibility index (Phi) is 10.6. The summed E-state index contributed by atoms with van der Waals surface area (Å²) in [6.07, 6.45) is -9.28. The van der Waals surface area contributed by atoms with Crippen molar-refractivity contribution in [2.45, 2.75) is 55.0 Å². The molecule has 1 aliphatic rings. The molecule has 1 heterocycles. The first kappa shape index (κ1) is 23.2. The largest absolute Gasteiger partial charge is 0.394 e. The molecule has 0 spiro atoms. The average Bonchev–Trinajstić information content (AvgIpc) is 2.60. The van der Waals surface area contributed by atoms with Crippen LogP contribution in [0, 0.1) is 0 Å². The average molecular weight is 358 g/mol.